The average Bonchev–Trinajstić information content (AvgIpc) is 2.93. The maximum atomic E-state index is 13.2. The van der Waals surface area contributed by atoms with Crippen molar-refractivity contribution in [2.24, 2.45) is 5.73 Å². The van der Waals surface area contributed by atoms with Crippen LogP contribution in [0.5, 0.6) is 5.75 Å². The normalized spacial score (nSPS) is 25.9. The van der Waals surface area contributed by atoms with Crippen molar-refractivity contribution in [3.63, 3.8) is 0 Å². The number of ether oxygens (including phenoxy) is 1. The first-order chi connectivity index (χ1) is 10.7. The predicted octanol–water partition coefficient (Wildman–Crippen LogP) is 1.66. The number of nitrogens with two attached hydrogens (primary N) is 1. The van der Waals surface area contributed by atoms with Gasteiger partial charge in [0.1, 0.15) is 11.8 Å². The third-order valence-corrected chi connectivity index (χ3v) is 6.09. The summed E-state index contributed by atoms with van der Waals surface area (Å²) in [4.78, 5) is -0.148. The van der Waals surface area contributed by atoms with Crippen LogP contribution in [0.1, 0.15) is 18.4 Å². The van der Waals surface area contributed by atoms with Crippen LogP contribution < -0.4 is 10.5 Å². The highest BCUT2D eigenvalue weighted by molar-refractivity contribution is 7.89. The molecule has 128 valence electrons. The highest BCUT2D eigenvalue weighted by Crippen LogP contribution is 2.36. The van der Waals surface area contributed by atoms with E-state index < -0.39 is 28.3 Å². The van der Waals surface area contributed by atoms with Crippen LogP contribution in [-0.2, 0) is 16.4 Å². The first-order valence-corrected chi connectivity index (χ1v) is 8.73. The Labute approximate surface area is 132 Å². The largest absolute Gasteiger partial charge is 0.493 e. The SMILES string of the molecule is NC1CCC(C(F)(F)F)N(S(=O)(=O)c2ccc3c(c2)CCO3)C1. The smallest absolute Gasteiger partial charge is 0.405 e. The predicted molar refractivity (Wildman–Crippen MR) is 76.6 cm³/mol. The maximum Gasteiger partial charge on any atom is 0.405 e. The van der Waals surface area contributed by atoms with E-state index in [2.05, 4.69) is 0 Å². The number of rotatable bonds is 2. The van der Waals surface area contributed by atoms with Crippen molar-refractivity contribution >= 4 is 10.0 Å². The molecule has 2 N–H and O–H groups in total. The Morgan fingerprint density at radius 1 is 1.26 bits per heavy atom. The summed E-state index contributed by atoms with van der Waals surface area (Å²) < 4.78 is 70.9. The molecule has 2 atom stereocenters. The Morgan fingerprint density at radius 3 is 2.70 bits per heavy atom. The lowest BCUT2D eigenvalue weighted by Gasteiger charge is -2.38. The zero-order chi connectivity index (χ0) is 16.8. The monoisotopic (exact) mass is 350 g/mol. The van der Waals surface area contributed by atoms with Crippen LogP contribution in [0.3, 0.4) is 0 Å². The fraction of sp³-hybridized carbons (Fsp3) is 0.571. The van der Waals surface area contributed by atoms with E-state index in [-0.39, 0.29) is 24.3 Å². The molecular weight excluding hydrogens is 333 g/mol. The van der Waals surface area contributed by atoms with Crippen LogP contribution in [0.4, 0.5) is 13.2 Å². The number of benzene rings is 1. The van der Waals surface area contributed by atoms with Gasteiger partial charge >= 0.3 is 6.18 Å². The number of nitrogens with zero attached hydrogens (tertiary/aromatic N) is 1. The van der Waals surface area contributed by atoms with E-state index in [0.717, 1.165) is 0 Å². The molecule has 1 fully saturated rings. The second kappa shape index (κ2) is 5.64. The summed E-state index contributed by atoms with van der Waals surface area (Å²) in [6.45, 7) is 0.110. The number of halogens is 3. The van der Waals surface area contributed by atoms with Crippen molar-refractivity contribution in [2.75, 3.05) is 13.2 Å². The van der Waals surface area contributed by atoms with Crippen LogP contribution in [0.25, 0.3) is 0 Å². The average molecular weight is 350 g/mol. The summed E-state index contributed by atoms with van der Waals surface area (Å²) in [6.07, 6.45) is -4.25. The number of sulfonamides is 1. The number of hydrogen-bond donors (Lipinski definition) is 1. The molecule has 23 heavy (non-hydrogen) atoms. The maximum absolute atomic E-state index is 13.2. The lowest BCUT2D eigenvalue weighted by Crippen LogP contribution is -2.56. The molecule has 1 aromatic carbocycles. The quantitative estimate of drug-likeness (QED) is 0.881. The summed E-state index contributed by atoms with van der Waals surface area (Å²) in [7, 11) is -4.27. The molecule has 1 saturated heterocycles. The van der Waals surface area contributed by atoms with E-state index in [4.69, 9.17) is 10.5 Å². The number of fused-ring (bicyclic) bond motifs is 1. The van der Waals surface area contributed by atoms with Crippen LogP contribution in [0.2, 0.25) is 0 Å². The minimum atomic E-state index is -4.62. The van der Waals surface area contributed by atoms with Gasteiger partial charge in [-0.3, -0.25) is 0 Å². The zero-order valence-corrected chi connectivity index (χ0v) is 13.0. The molecule has 0 aromatic heterocycles. The molecule has 2 aliphatic heterocycles. The Bertz CT molecular complexity index is 706. The van der Waals surface area contributed by atoms with Gasteiger partial charge in [-0.1, -0.05) is 0 Å². The molecule has 0 aliphatic carbocycles. The van der Waals surface area contributed by atoms with Crippen molar-refractivity contribution < 1.29 is 26.3 Å². The molecule has 2 heterocycles. The minimum Gasteiger partial charge on any atom is -0.493 e. The molecule has 2 aliphatic rings. The van der Waals surface area contributed by atoms with Crippen molar-refractivity contribution in [2.45, 2.75) is 42.4 Å². The molecule has 0 radical (unpaired) electrons. The van der Waals surface area contributed by atoms with Crippen molar-refractivity contribution in [1.82, 2.24) is 4.31 Å². The zero-order valence-electron chi connectivity index (χ0n) is 12.2. The summed E-state index contributed by atoms with van der Waals surface area (Å²) in [5.41, 5.74) is 6.39. The van der Waals surface area contributed by atoms with Crippen molar-refractivity contribution in [3.8, 4) is 5.75 Å². The fourth-order valence-electron chi connectivity index (χ4n) is 3.02. The van der Waals surface area contributed by atoms with Crippen molar-refractivity contribution in [1.29, 1.82) is 0 Å². The third kappa shape index (κ3) is 3.05. The molecular formula is C14H17F3N2O3S. The van der Waals surface area contributed by atoms with Crippen LogP contribution in [-0.4, -0.2) is 44.1 Å². The summed E-state index contributed by atoms with van der Waals surface area (Å²) >= 11 is 0. The van der Waals surface area contributed by atoms with E-state index in [1.54, 1.807) is 0 Å². The Hall–Kier alpha value is -1.32. The molecule has 2 unspecified atom stereocenters. The lowest BCUT2D eigenvalue weighted by atomic mass is 10.0. The van der Waals surface area contributed by atoms with Gasteiger partial charge in [0.25, 0.3) is 0 Å². The fourth-order valence-corrected chi connectivity index (χ4v) is 4.77. The van der Waals surface area contributed by atoms with Crippen LogP contribution in [0, 0.1) is 0 Å². The molecule has 1 aromatic rings. The van der Waals surface area contributed by atoms with E-state index in [1.165, 1.54) is 18.2 Å². The van der Waals surface area contributed by atoms with Gasteiger partial charge in [0, 0.05) is 19.0 Å². The number of alkyl halides is 3. The van der Waals surface area contributed by atoms with Crippen molar-refractivity contribution in [3.05, 3.63) is 23.8 Å². The van der Waals surface area contributed by atoms with Gasteiger partial charge < -0.3 is 10.5 Å². The standard InChI is InChI=1S/C14H17F3N2O3S/c15-14(16,17)13-4-1-10(18)8-19(13)23(20,21)11-2-3-12-9(7-11)5-6-22-12/h2-3,7,10,13H,1,4-6,8,18H2. The summed E-state index contributed by atoms with van der Waals surface area (Å²) in [5, 5.41) is 0. The third-order valence-electron chi connectivity index (χ3n) is 4.22. The molecule has 5 nitrogen and oxygen atoms in total. The number of piperidine rings is 1. The van der Waals surface area contributed by atoms with Crippen LogP contribution >= 0.6 is 0 Å². The van der Waals surface area contributed by atoms with Gasteiger partial charge in [-0.05, 0) is 36.6 Å². The summed E-state index contributed by atoms with van der Waals surface area (Å²) in [5.74, 6) is 0.576. The molecule has 0 amide bonds. The van der Waals surface area contributed by atoms with Gasteiger partial charge in [-0.2, -0.15) is 17.5 Å². The van der Waals surface area contributed by atoms with E-state index in [0.29, 0.717) is 28.6 Å². The van der Waals surface area contributed by atoms with Gasteiger partial charge in [0.2, 0.25) is 10.0 Å². The molecule has 0 spiro atoms. The van der Waals surface area contributed by atoms with E-state index in [1.807, 2.05) is 0 Å². The molecule has 0 bridgehead atoms. The lowest BCUT2D eigenvalue weighted by molar-refractivity contribution is -0.178. The molecule has 3 rings (SSSR count). The van der Waals surface area contributed by atoms with Gasteiger partial charge in [-0.25, -0.2) is 8.42 Å². The highest BCUT2D eigenvalue weighted by Gasteiger charge is 2.50. The highest BCUT2D eigenvalue weighted by atomic mass is 32.2. The van der Waals surface area contributed by atoms with Gasteiger partial charge in [0.15, 0.2) is 0 Å². The molecule has 0 saturated carbocycles. The number of hydrogen-bond acceptors (Lipinski definition) is 4. The van der Waals surface area contributed by atoms with E-state index in [9.17, 15) is 21.6 Å². The van der Waals surface area contributed by atoms with E-state index >= 15 is 0 Å². The Balaban J connectivity index is 1.99. The second-order valence-corrected chi connectivity index (χ2v) is 7.73. The Morgan fingerprint density at radius 2 is 2.00 bits per heavy atom. The Kier molecular flexibility index (Phi) is 4.06. The topological polar surface area (TPSA) is 72.6 Å². The van der Waals surface area contributed by atoms with Gasteiger partial charge in [-0.15, -0.1) is 0 Å². The first kappa shape index (κ1) is 16.5. The first-order valence-electron chi connectivity index (χ1n) is 7.29. The minimum absolute atomic E-state index is 0.147. The van der Waals surface area contributed by atoms with Gasteiger partial charge in [0.05, 0.1) is 11.5 Å². The van der Waals surface area contributed by atoms with Crippen LogP contribution in [0.15, 0.2) is 23.1 Å². The second-order valence-electron chi connectivity index (χ2n) is 5.84. The summed E-state index contributed by atoms with van der Waals surface area (Å²) in [6, 6.07) is 1.54. The molecule has 9 heteroatoms.